The number of allylic oxidation sites excluding steroid dienone is 1. The average Bonchev–Trinajstić information content (AvgIpc) is 3.11. The van der Waals surface area contributed by atoms with E-state index in [9.17, 15) is 9.90 Å². The maximum absolute atomic E-state index is 12.3. The molecule has 2 aromatic carbocycles. The number of nitrogens with zero attached hydrogens (tertiary/aromatic N) is 2. The molecule has 0 saturated carbocycles. The molecule has 0 atom stereocenters. The van der Waals surface area contributed by atoms with Crippen LogP contribution < -0.4 is 5.56 Å². The molecule has 2 N–H and O–H groups in total. The molecule has 0 amide bonds. The molecule has 0 spiro atoms. The zero-order valence-electron chi connectivity index (χ0n) is 13.0. The molecule has 1 aromatic heterocycles. The SMILES string of the molecule is Cc1cccc(-n2[nH]c(=O)c(C=C3C=Nc4ccccc43)c2O)c1. The summed E-state index contributed by atoms with van der Waals surface area (Å²) in [7, 11) is 0. The summed E-state index contributed by atoms with van der Waals surface area (Å²) in [6.07, 6.45) is 3.36. The molecule has 4 rings (SSSR count). The summed E-state index contributed by atoms with van der Waals surface area (Å²) < 4.78 is 1.39. The minimum Gasteiger partial charge on any atom is -0.493 e. The summed E-state index contributed by atoms with van der Waals surface area (Å²) in [4.78, 5) is 16.6. The largest absolute Gasteiger partial charge is 0.493 e. The highest BCUT2D eigenvalue weighted by Gasteiger charge is 2.17. The second-order valence-corrected chi connectivity index (χ2v) is 5.73. The smallest absolute Gasteiger partial charge is 0.275 e. The normalized spacial score (nSPS) is 14.3. The van der Waals surface area contributed by atoms with Crippen LogP contribution in [0.1, 0.15) is 16.7 Å². The summed E-state index contributed by atoms with van der Waals surface area (Å²) in [5, 5.41) is 13.2. The van der Waals surface area contributed by atoms with E-state index < -0.39 is 0 Å². The molecule has 1 aliphatic rings. The second-order valence-electron chi connectivity index (χ2n) is 5.73. The van der Waals surface area contributed by atoms with E-state index in [-0.39, 0.29) is 17.0 Å². The number of hydrogen-bond acceptors (Lipinski definition) is 3. The van der Waals surface area contributed by atoms with Crippen LogP contribution in [-0.4, -0.2) is 21.1 Å². The number of aromatic nitrogens is 2. The lowest BCUT2D eigenvalue weighted by Crippen LogP contribution is -2.05. The van der Waals surface area contributed by atoms with Gasteiger partial charge in [0.25, 0.3) is 5.56 Å². The van der Waals surface area contributed by atoms with Crippen LogP contribution in [0.4, 0.5) is 5.69 Å². The van der Waals surface area contributed by atoms with Crippen molar-refractivity contribution >= 4 is 23.6 Å². The van der Waals surface area contributed by atoms with Crippen molar-refractivity contribution in [3.63, 3.8) is 0 Å². The molecule has 0 bridgehead atoms. The molecular formula is C19H15N3O2. The Morgan fingerprint density at radius 1 is 1.17 bits per heavy atom. The van der Waals surface area contributed by atoms with E-state index in [0.29, 0.717) is 5.69 Å². The van der Waals surface area contributed by atoms with Crippen LogP contribution in [0, 0.1) is 6.92 Å². The molecule has 24 heavy (non-hydrogen) atoms. The molecule has 0 unspecified atom stereocenters. The van der Waals surface area contributed by atoms with Gasteiger partial charge in [-0.3, -0.25) is 14.9 Å². The number of benzene rings is 2. The first kappa shape index (κ1) is 14.3. The van der Waals surface area contributed by atoms with Crippen LogP contribution in [0.5, 0.6) is 5.88 Å². The van der Waals surface area contributed by atoms with E-state index in [1.54, 1.807) is 12.3 Å². The third-order valence-corrected chi connectivity index (χ3v) is 4.03. The number of aromatic amines is 1. The fourth-order valence-corrected chi connectivity index (χ4v) is 2.83. The van der Waals surface area contributed by atoms with Gasteiger partial charge in [0.2, 0.25) is 5.88 Å². The third kappa shape index (κ3) is 2.27. The molecular weight excluding hydrogens is 302 g/mol. The van der Waals surface area contributed by atoms with Crippen molar-refractivity contribution in [2.75, 3.05) is 0 Å². The number of rotatable bonds is 2. The number of aryl methyl sites for hydroxylation is 1. The maximum Gasteiger partial charge on any atom is 0.275 e. The van der Waals surface area contributed by atoms with Gasteiger partial charge in [-0.15, -0.1) is 0 Å². The van der Waals surface area contributed by atoms with Crippen molar-refractivity contribution in [2.24, 2.45) is 4.99 Å². The molecule has 5 heteroatoms. The Bertz CT molecular complexity index is 1050. The highest BCUT2D eigenvalue weighted by Crippen LogP contribution is 2.33. The summed E-state index contributed by atoms with van der Waals surface area (Å²) in [5.74, 6) is -0.115. The lowest BCUT2D eigenvalue weighted by atomic mass is 10.1. The zero-order chi connectivity index (χ0) is 16.7. The van der Waals surface area contributed by atoms with E-state index in [1.165, 1.54) is 4.68 Å². The van der Waals surface area contributed by atoms with E-state index >= 15 is 0 Å². The Kier molecular flexibility index (Phi) is 3.20. The van der Waals surface area contributed by atoms with Gasteiger partial charge in [-0.1, -0.05) is 30.3 Å². The van der Waals surface area contributed by atoms with Crippen LogP contribution >= 0.6 is 0 Å². The fraction of sp³-hybridized carbons (Fsp3) is 0.0526. The highest BCUT2D eigenvalue weighted by atomic mass is 16.3. The number of aliphatic imine (C=N–C) groups is 1. The zero-order valence-corrected chi connectivity index (χ0v) is 13.0. The minimum atomic E-state index is -0.348. The average molecular weight is 317 g/mol. The van der Waals surface area contributed by atoms with E-state index in [0.717, 1.165) is 22.4 Å². The first-order valence-electron chi connectivity index (χ1n) is 7.60. The number of para-hydroxylation sites is 1. The Hall–Kier alpha value is -3.34. The first-order chi connectivity index (χ1) is 11.6. The van der Waals surface area contributed by atoms with Crippen LogP contribution in [0.3, 0.4) is 0 Å². The van der Waals surface area contributed by atoms with Gasteiger partial charge in [0, 0.05) is 17.4 Å². The number of hydrogen-bond donors (Lipinski definition) is 2. The standard InChI is InChI=1S/C19H15N3O2/c1-12-5-4-6-14(9-12)22-19(24)16(18(23)21-22)10-13-11-20-17-8-3-2-7-15(13)17/h2-11,24H,1H3,(H,21,23). The summed E-state index contributed by atoms with van der Waals surface area (Å²) >= 11 is 0. The fourth-order valence-electron chi connectivity index (χ4n) is 2.83. The predicted octanol–water partition coefficient (Wildman–Crippen LogP) is 3.44. The maximum atomic E-state index is 12.3. The summed E-state index contributed by atoms with van der Waals surface area (Å²) in [6.45, 7) is 1.96. The number of H-pyrrole nitrogens is 1. The van der Waals surface area contributed by atoms with Crippen molar-refractivity contribution < 1.29 is 5.11 Å². The van der Waals surface area contributed by atoms with Crippen molar-refractivity contribution in [1.29, 1.82) is 0 Å². The van der Waals surface area contributed by atoms with Crippen molar-refractivity contribution in [2.45, 2.75) is 6.92 Å². The summed E-state index contributed by atoms with van der Waals surface area (Å²) in [5.41, 5.74) is 4.22. The number of nitrogens with one attached hydrogen (secondary N) is 1. The third-order valence-electron chi connectivity index (χ3n) is 4.03. The molecule has 5 nitrogen and oxygen atoms in total. The topological polar surface area (TPSA) is 70.4 Å². The van der Waals surface area contributed by atoms with Gasteiger partial charge >= 0.3 is 0 Å². The number of aromatic hydroxyl groups is 1. The molecule has 0 fully saturated rings. The lowest BCUT2D eigenvalue weighted by molar-refractivity contribution is 0.432. The van der Waals surface area contributed by atoms with Gasteiger partial charge in [0.05, 0.1) is 11.4 Å². The number of fused-ring (bicyclic) bond motifs is 1. The van der Waals surface area contributed by atoms with Gasteiger partial charge in [-0.25, -0.2) is 4.68 Å². The Morgan fingerprint density at radius 3 is 2.83 bits per heavy atom. The van der Waals surface area contributed by atoms with Gasteiger partial charge in [-0.2, -0.15) is 0 Å². The van der Waals surface area contributed by atoms with E-state index in [1.807, 2.05) is 55.5 Å². The second kappa shape index (κ2) is 5.38. The van der Waals surface area contributed by atoms with Gasteiger partial charge in [0.15, 0.2) is 0 Å². The van der Waals surface area contributed by atoms with E-state index in [4.69, 9.17) is 0 Å². The lowest BCUT2D eigenvalue weighted by Gasteiger charge is -2.05. The molecule has 1 aliphatic heterocycles. The monoisotopic (exact) mass is 317 g/mol. The Morgan fingerprint density at radius 2 is 2.00 bits per heavy atom. The van der Waals surface area contributed by atoms with Gasteiger partial charge < -0.3 is 5.11 Å². The van der Waals surface area contributed by atoms with Crippen LogP contribution in [0.25, 0.3) is 17.3 Å². The molecule has 0 radical (unpaired) electrons. The van der Waals surface area contributed by atoms with Crippen LogP contribution in [0.15, 0.2) is 58.3 Å². The van der Waals surface area contributed by atoms with Gasteiger partial charge in [-0.05, 0) is 36.8 Å². The predicted molar refractivity (Wildman–Crippen MR) is 95.3 cm³/mol. The minimum absolute atomic E-state index is 0.115. The van der Waals surface area contributed by atoms with Crippen LogP contribution in [-0.2, 0) is 0 Å². The summed E-state index contributed by atoms with van der Waals surface area (Å²) in [6, 6.07) is 15.2. The molecule has 3 aromatic rings. The van der Waals surface area contributed by atoms with Crippen molar-refractivity contribution in [3.8, 4) is 11.6 Å². The molecule has 2 heterocycles. The van der Waals surface area contributed by atoms with Crippen molar-refractivity contribution in [1.82, 2.24) is 9.78 Å². The Labute approximate surface area is 138 Å². The van der Waals surface area contributed by atoms with Crippen molar-refractivity contribution in [3.05, 3.63) is 75.6 Å². The first-order valence-corrected chi connectivity index (χ1v) is 7.60. The van der Waals surface area contributed by atoms with E-state index in [2.05, 4.69) is 10.1 Å². The van der Waals surface area contributed by atoms with Crippen LogP contribution in [0.2, 0.25) is 0 Å². The van der Waals surface area contributed by atoms with Gasteiger partial charge in [0.1, 0.15) is 5.56 Å². The molecule has 118 valence electrons. The molecule has 0 aliphatic carbocycles. The highest BCUT2D eigenvalue weighted by molar-refractivity contribution is 6.21. The quantitative estimate of drug-likeness (QED) is 0.760. The molecule has 0 saturated heterocycles. The Balaban J connectivity index is 1.83.